The molecule has 2 saturated heterocycles. The summed E-state index contributed by atoms with van der Waals surface area (Å²) in [5.41, 5.74) is -0.875. The minimum absolute atomic E-state index is 0.00308. The van der Waals surface area contributed by atoms with Crippen molar-refractivity contribution < 1.29 is 18.0 Å². The highest BCUT2D eigenvalue weighted by Crippen LogP contribution is 2.39. The molecule has 2 aliphatic heterocycles. The van der Waals surface area contributed by atoms with Crippen LogP contribution < -0.4 is 5.32 Å². The van der Waals surface area contributed by atoms with Gasteiger partial charge in [-0.05, 0) is 37.4 Å². The number of piperidine rings is 1. The van der Waals surface area contributed by atoms with Gasteiger partial charge in [0.25, 0.3) is 0 Å². The van der Waals surface area contributed by atoms with E-state index >= 15 is 0 Å². The second-order valence-corrected chi connectivity index (χ2v) is 6.19. The Morgan fingerprint density at radius 2 is 2.00 bits per heavy atom. The van der Waals surface area contributed by atoms with Gasteiger partial charge in [0.05, 0.1) is 11.0 Å². The van der Waals surface area contributed by atoms with E-state index in [1.165, 1.54) is 12.1 Å². The Labute approximate surface area is 127 Å². The van der Waals surface area contributed by atoms with E-state index in [9.17, 15) is 18.0 Å². The molecular weight excluding hydrogens is 293 g/mol. The lowest BCUT2D eigenvalue weighted by atomic mass is 9.79. The molecule has 2 fully saturated rings. The van der Waals surface area contributed by atoms with Crippen LogP contribution in [0.15, 0.2) is 24.3 Å². The number of rotatable bonds is 2. The minimum atomic E-state index is -4.39. The highest BCUT2D eigenvalue weighted by atomic mass is 19.4. The summed E-state index contributed by atoms with van der Waals surface area (Å²) in [5.74, 6) is -0.00308. The van der Waals surface area contributed by atoms with E-state index in [0.717, 1.165) is 31.9 Å². The zero-order chi connectivity index (χ0) is 15.8. The number of alkyl halides is 3. The monoisotopic (exact) mass is 312 g/mol. The molecule has 1 atom stereocenters. The lowest BCUT2D eigenvalue weighted by Crippen LogP contribution is -2.45. The molecule has 0 bridgehead atoms. The number of halogens is 3. The summed E-state index contributed by atoms with van der Waals surface area (Å²) in [6.45, 7) is 2.12. The van der Waals surface area contributed by atoms with Crippen molar-refractivity contribution >= 4 is 5.91 Å². The molecule has 1 N–H and O–H groups in total. The molecule has 2 heterocycles. The maximum atomic E-state index is 13.1. The number of amides is 1. The van der Waals surface area contributed by atoms with Gasteiger partial charge in [-0.25, -0.2) is 0 Å². The summed E-state index contributed by atoms with van der Waals surface area (Å²) < 4.78 is 39.2. The fourth-order valence-electron chi connectivity index (χ4n) is 3.55. The number of carbonyl (C=O) groups excluding carboxylic acids is 1. The SMILES string of the molecule is O=C1N(Cc2ccccc2C(F)(F)F)CCC12CCCNC2. The van der Waals surface area contributed by atoms with E-state index in [0.29, 0.717) is 13.1 Å². The van der Waals surface area contributed by atoms with Gasteiger partial charge in [0, 0.05) is 19.6 Å². The van der Waals surface area contributed by atoms with Crippen LogP contribution >= 0.6 is 0 Å². The largest absolute Gasteiger partial charge is 0.416 e. The van der Waals surface area contributed by atoms with Crippen LogP contribution in [0, 0.1) is 5.41 Å². The summed E-state index contributed by atoms with van der Waals surface area (Å²) in [5, 5.41) is 3.24. The fraction of sp³-hybridized carbons (Fsp3) is 0.562. The molecule has 2 aliphatic rings. The minimum Gasteiger partial charge on any atom is -0.338 e. The van der Waals surface area contributed by atoms with Crippen molar-refractivity contribution in [1.82, 2.24) is 10.2 Å². The highest BCUT2D eigenvalue weighted by Gasteiger charge is 2.47. The van der Waals surface area contributed by atoms with Crippen LogP contribution in [0.1, 0.15) is 30.4 Å². The van der Waals surface area contributed by atoms with Gasteiger partial charge in [-0.3, -0.25) is 4.79 Å². The van der Waals surface area contributed by atoms with Crippen molar-refractivity contribution in [3.05, 3.63) is 35.4 Å². The van der Waals surface area contributed by atoms with Crippen molar-refractivity contribution in [3.8, 4) is 0 Å². The fourth-order valence-corrected chi connectivity index (χ4v) is 3.55. The van der Waals surface area contributed by atoms with Crippen molar-refractivity contribution in [2.45, 2.75) is 32.0 Å². The van der Waals surface area contributed by atoms with Crippen LogP contribution in [0.3, 0.4) is 0 Å². The average Bonchev–Trinajstić information content (AvgIpc) is 2.77. The quantitative estimate of drug-likeness (QED) is 0.911. The molecule has 1 amide bonds. The molecule has 0 aliphatic carbocycles. The number of hydrogen-bond donors (Lipinski definition) is 1. The van der Waals surface area contributed by atoms with Crippen molar-refractivity contribution in [2.24, 2.45) is 5.41 Å². The number of benzene rings is 1. The van der Waals surface area contributed by atoms with Gasteiger partial charge in [0.2, 0.25) is 5.91 Å². The molecule has 3 nitrogen and oxygen atoms in total. The van der Waals surface area contributed by atoms with Gasteiger partial charge in [-0.1, -0.05) is 18.2 Å². The first-order chi connectivity index (χ1) is 10.4. The maximum Gasteiger partial charge on any atom is 0.416 e. The molecule has 1 unspecified atom stereocenters. The second-order valence-electron chi connectivity index (χ2n) is 6.19. The number of hydrogen-bond acceptors (Lipinski definition) is 2. The lowest BCUT2D eigenvalue weighted by molar-refractivity contribution is -0.141. The molecule has 1 aromatic rings. The van der Waals surface area contributed by atoms with Gasteiger partial charge < -0.3 is 10.2 Å². The molecule has 1 aromatic carbocycles. The van der Waals surface area contributed by atoms with E-state index in [-0.39, 0.29) is 18.0 Å². The second kappa shape index (κ2) is 5.57. The number of nitrogens with zero attached hydrogens (tertiary/aromatic N) is 1. The highest BCUT2D eigenvalue weighted by molar-refractivity contribution is 5.85. The third-order valence-corrected chi connectivity index (χ3v) is 4.76. The predicted molar refractivity (Wildman–Crippen MR) is 76.0 cm³/mol. The molecule has 0 radical (unpaired) electrons. The van der Waals surface area contributed by atoms with Crippen LogP contribution in [0.25, 0.3) is 0 Å². The summed E-state index contributed by atoms with van der Waals surface area (Å²) >= 11 is 0. The third-order valence-electron chi connectivity index (χ3n) is 4.76. The lowest BCUT2D eigenvalue weighted by Gasteiger charge is -2.32. The molecule has 0 aromatic heterocycles. The molecule has 22 heavy (non-hydrogen) atoms. The van der Waals surface area contributed by atoms with Crippen molar-refractivity contribution in [1.29, 1.82) is 0 Å². The van der Waals surface area contributed by atoms with Crippen LogP contribution in [-0.4, -0.2) is 30.4 Å². The molecule has 120 valence electrons. The van der Waals surface area contributed by atoms with Crippen LogP contribution in [0.4, 0.5) is 13.2 Å². The number of likely N-dealkylation sites (tertiary alicyclic amines) is 1. The maximum absolute atomic E-state index is 13.1. The smallest absolute Gasteiger partial charge is 0.338 e. The van der Waals surface area contributed by atoms with Crippen molar-refractivity contribution in [2.75, 3.05) is 19.6 Å². The molecule has 3 rings (SSSR count). The van der Waals surface area contributed by atoms with E-state index in [2.05, 4.69) is 5.32 Å². The van der Waals surface area contributed by atoms with E-state index < -0.39 is 17.2 Å². The van der Waals surface area contributed by atoms with Crippen molar-refractivity contribution in [3.63, 3.8) is 0 Å². The summed E-state index contributed by atoms with van der Waals surface area (Å²) in [6.07, 6.45) is -1.88. The zero-order valence-electron chi connectivity index (χ0n) is 12.2. The van der Waals surface area contributed by atoms with Gasteiger partial charge in [-0.15, -0.1) is 0 Å². The first-order valence-electron chi connectivity index (χ1n) is 7.58. The Morgan fingerprint density at radius 3 is 2.68 bits per heavy atom. The van der Waals surface area contributed by atoms with Crippen LogP contribution in [-0.2, 0) is 17.5 Å². The first-order valence-corrected chi connectivity index (χ1v) is 7.58. The van der Waals surface area contributed by atoms with Gasteiger partial charge in [0.15, 0.2) is 0 Å². The number of nitrogens with one attached hydrogen (secondary N) is 1. The Kier molecular flexibility index (Phi) is 3.89. The molecular formula is C16H19F3N2O. The predicted octanol–water partition coefficient (Wildman–Crippen LogP) is 2.81. The summed E-state index contributed by atoms with van der Waals surface area (Å²) in [7, 11) is 0. The zero-order valence-corrected chi connectivity index (χ0v) is 12.2. The Morgan fingerprint density at radius 1 is 1.23 bits per heavy atom. The molecule has 6 heteroatoms. The Hall–Kier alpha value is -1.56. The van der Waals surface area contributed by atoms with Gasteiger partial charge in [0.1, 0.15) is 0 Å². The normalized spacial score (nSPS) is 26.0. The standard InChI is InChI=1S/C16H19F3N2O/c17-16(18,19)13-5-2-1-4-12(13)10-21-9-7-15(14(21)22)6-3-8-20-11-15/h1-2,4-5,20H,3,6-11H2. The topological polar surface area (TPSA) is 32.3 Å². The van der Waals surface area contributed by atoms with Gasteiger partial charge >= 0.3 is 6.18 Å². The Balaban J connectivity index is 1.79. The summed E-state index contributed by atoms with van der Waals surface area (Å²) in [4.78, 5) is 14.2. The molecule has 1 spiro atoms. The van der Waals surface area contributed by atoms with Crippen LogP contribution in [0.2, 0.25) is 0 Å². The number of carbonyl (C=O) groups is 1. The van der Waals surface area contributed by atoms with Crippen LogP contribution in [0.5, 0.6) is 0 Å². The van der Waals surface area contributed by atoms with E-state index in [1.807, 2.05) is 0 Å². The average molecular weight is 312 g/mol. The van der Waals surface area contributed by atoms with E-state index in [1.54, 1.807) is 11.0 Å². The Bertz CT molecular complexity index is 565. The van der Waals surface area contributed by atoms with E-state index in [4.69, 9.17) is 0 Å². The molecule has 0 saturated carbocycles. The third kappa shape index (κ3) is 2.72. The summed E-state index contributed by atoms with van der Waals surface area (Å²) in [6, 6.07) is 5.50. The first kappa shape index (κ1) is 15.3. The van der Waals surface area contributed by atoms with Gasteiger partial charge in [-0.2, -0.15) is 13.2 Å².